The Morgan fingerprint density at radius 3 is 2.00 bits per heavy atom. The Labute approximate surface area is 129 Å². The van der Waals surface area contributed by atoms with Crippen molar-refractivity contribution >= 4 is 34.9 Å². The van der Waals surface area contributed by atoms with E-state index in [-0.39, 0.29) is 5.69 Å². The minimum Gasteiger partial charge on any atom is -0.427 e. The summed E-state index contributed by atoms with van der Waals surface area (Å²) >= 11 is 11.0. The number of primary amides is 1. The summed E-state index contributed by atoms with van der Waals surface area (Å²) in [6.45, 7) is 0. The summed E-state index contributed by atoms with van der Waals surface area (Å²) in [5, 5.41) is 0.617. The van der Waals surface area contributed by atoms with E-state index in [0.717, 1.165) is 12.1 Å². The highest BCUT2D eigenvalue weighted by molar-refractivity contribution is 6.37. The van der Waals surface area contributed by atoms with Gasteiger partial charge < -0.3 is 15.8 Å². The number of carbonyl (C=O) groups is 1. The smallest absolute Gasteiger partial charge is 0.427 e. The van der Waals surface area contributed by atoms with Gasteiger partial charge in [0.2, 0.25) is 0 Å². The van der Waals surface area contributed by atoms with Gasteiger partial charge in [-0.2, -0.15) is 22.0 Å². The molecule has 0 aliphatic carbocycles. The van der Waals surface area contributed by atoms with Crippen molar-refractivity contribution in [3.63, 3.8) is 0 Å². The van der Waals surface area contributed by atoms with Crippen LogP contribution in [0.3, 0.4) is 0 Å². The fraction of sp³-hybridized carbons (Fsp3) is 0.300. The zero-order valence-corrected chi connectivity index (χ0v) is 11.7. The van der Waals surface area contributed by atoms with Crippen LogP contribution >= 0.6 is 23.2 Å². The SMILES string of the molecule is NC(=O)Nc1cc(Cl)c(OC(F)(F)C(F)C(F)(F)F)c(Cl)c1. The maximum Gasteiger partial charge on any atom is 0.439 e. The standard InChI is InChI=1S/C10H6Cl2F6N2O2/c11-4-1-3(20-8(19)21)2-5(12)6(4)22-10(17,18)7(13)9(14,15)16/h1-2,7H,(H3,19,20,21). The van der Waals surface area contributed by atoms with Gasteiger partial charge in [0, 0.05) is 5.69 Å². The van der Waals surface area contributed by atoms with Gasteiger partial charge in [0.1, 0.15) is 0 Å². The fourth-order valence-electron chi connectivity index (χ4n) is 1.25. The second-order valence-electron chi connectivity index (χ2n) is 3.83. The molecule has 0 fully saturated rings. The number of nitrogens with one attached hydrogen (secondary N) is 1. The summed E-state index contributed by atoms with van der Waals surface area (Å²) in [5.41, 5.74) is 4.66. The molecule has 0 bridgehead atoms. The first kappa shape index (κ1) is 18.5. The van der Waals surface area contributed by atoms with Gasteiger partial charge in [-0.05, 0) is 12.1 Å². The third-order valence-corrected chi connectivity index (χ3v) is 2.65. The molecular formula is C10H6Cl2F6N2O2. The number of hydrogen-bond donors (Lipinski definition) is 2. The van der Waals surface area contributed by atoms with Crippen LogP contribution < -0.4 is 15.8 Å². The van der Waals surface area contributed by atoms with Gasteiger partial charge in [-0.1, -0.05) is 23.2 Å². The minimum atomic E-state index is -5.85. The highest BCUT2D eigenvalue weighted by atomic mass is 35.5. The minimum absolute atomic E-state index is 0.134. The molecule has 4 nitrogen and oxygen atoms in total. The maximum atomic E-state index is 13.1. The van der Waals surface area contributed by atoms with Crippen molar-refractivity contribution < 1.29 is 35.9 Å². The number of halogens is 8. The summed E-state index contributed by atoms with van der Waals surface area (Å²) in [7, 11) is 0. The second kappa shape index (κ2) is 6.29. The number of anilines is 1. The predicted octanol–water partition coefficient (Wildman–Crippen LogP) is 4.36. The lowest BCUT2D eigenvalue weighted by atomic mass is 10.3. The van der Waals surface area contributed by atoms with Crippen LogP contribution in [0.25, 0.3) is 0 Å². The number of carbonyl (C=O) groups excluding carboxylic acids is 1. The largest absolute Gasteiger partial charge is 0.439 e. The van der Waals surface area contributed by atoms with Crippen LogP contribution in [0.2, 0.25) is 10.0 Å². The Kier molecular flexibility index (Phi) is 5.29. The van der Waals surface area contributed by atoms with Crippen LogP contribution in [-0.2, 0) is 0 Å². The topological polar surface area (TPSA) is 64.4 Å². The van der Waals surface area contributed by atoms with Gasteiger partial charge >= 0.3 is 18.3 Å². The Hall–Kier alpha value is -1.55. The maximum absolute atomic E-state index is 13.1. The van der Waals surface area contributed by atoms with Gasteiger partial charge in [-0.25, -0.2) is 9.18 Å². The van der Waals surface area contributed by atoms with Crippen LogP contribution in [0.4, 0.5) is 36.8 Å². The Morgan fingerprint density at radius 1 is 1.18 bits per heavy atom. The van der Waals surface area contributed by atoms with Gasteiger partial charge in [-0.15, -0.1) is 0 Å². The van der Waals surface area contributed by atoms with E-state index in [1.54, 1.807) is 0 Å². The molecule has 1 aromatic rings. The van der Waals surface area contributed by atoms with Crippen molar-refractivity contribution in [1.82, 2.24) is 0 Å². The molecule has 0 aliphatic rings. The molecule has 0 heterocycles. The zero-order valence-electron chi connectivity index (χ0n) is 10.1. The summed E-state index contributed by atoms with van der Waals surface area (Å²) in [6, 6.07) is 0.613. The molecule has 0 radical (unpaired) electrons. The first-order valence-electron chi connectivity index (χ1n) is 5.17. The monoisotopic (exact) mass is 370 g/mol. The number of alkyl halides is 6. The van der Waals surface area contributed by atoms with Crippen LogP contribution in [0.5, 0.6) is 5.75 Å². The summed E-state index contributed by atoms with van der Waals surface area (Å²) in [5.74, 6) is -1.09. The van der Waals surface area contributed by atoms with Crippen LogP contribution in [0.1, 0.15) is 0 Å². The molecular weight excluding hydrogens is 365 g/mol. The number of hydrogen-bond acceptors (Lipinski definition) is 2. The lowest BCUT2D eigenvalue weighted by Gasteiger charge is -2.24. The van der Waals surface area contributed by atoms with Crippen LogP contribution in [-0.4, -0.2) is 24.5 Å². The average molecular weight is 371 g/mol. The van der Waals surface area contributed by atoms with E-state index in [4.69, 9.17) is 28.9 Å². The van der Waals surface area contributed by atoms with Crippen molar-refractivity contribution in [2.45, 2.75) is 18.5 Å². The summed E-state index contributed by atoms with van der Waals surface area (Å²) in [6.07, 6.45) is -15.7. The molecule has 0 spiro atoms. The van der Waals surface area contributed by atoms with Gasteiger partial charge in [0.05, 0.1) is 10.0 Å². The lowest BCUT2D eigenvalue weighted by Crippen LogP contribution is -2.45. The van der Waals surface area contributed by atoms with Gasteiger partial charge in [0.25, 0.3) is 6.17 Å². The van der Waals surface area contributed by atoms with E-state index in [1.807, 2.05) is 5.32 Å². The summed E-state index contributed by atoms with van der Waals surface area (Å²) < 4.78 is 78.7. The third kappa shape index (κ3) is 4.47. The first-order valence-corrected chi connectivity index (χ1v) is 5.93. The highest BCUT2D eigenvalue weighted by Gasteiger charge is 2.59. The molecule has 1 rings (SSSR count). The molecule has 0 aliphatic heterocycles. The molecule has 3 N–H and O–H groups in total. The first-order chi connectivity index (χ1) is 9.84. The molecule has 0 aromatic heterocycles. The molecule has 22 heavy (non-hydrogen) atoms. The molecule has 124 valence electrons. The average Bonchev–Trinajstić information content (AvgIpc) is 2.31. The molecule has 2 amide bonds. The fourth-order valence-corrected chi connectivity index (χ4v) is 1.81. The lowest BCUT2D eigenvalue weighted by molar-refractivity contribution is -0.304. The van der Waals surface area contributed by atoms with Crippen molar-refractivity contribution in [2.75, 3.05) is 5.32 Å². The molecule has 0 saturated carbocycles. The van der Waals surface area contributed by atoms with E-state index >= 15 is 0 Å². The molecule has 1 atom stereocenters. The molecule has 12 heteroatoms. The van der Waals surface area contributed by atoms with Crippen molar-refractivity contribution in [2.24, 2.45) is 5.73 Å². The Balaban J connectivity index is 3.10. The molecule has 1 aromatic carbocycles. The van der Waals surface area contributed by atoms with Gasteiger partial charge in [-0.3, -0.25) is 0 Å². The summed E-state index contributed by atoms with van der Waals surface area (Å²) in [4.78, 5) is 10.6. The van der Waals surface area contributed by atoms with Crippen molar-refractivity contribution in [1.29, 1.82) is 0 Å². The Bertz CT molecular complexity index is 558. The van der Waals surface area contributed by atoms with Gasteiger partial charge in [0.15, 0.2) is 5.75 Å². The highest BCUT2D eigenvalue weighted by Crippen LogP contribution is 2.42. The van der Waals surface area contributed by atoms with E-state index in [2.05, 4.69) is 4.74 Å². The van der Waals surface area contributed by atoms with E-state index in [9.17, 15) is 31.1 Å². The number of benzene rings is 1. The van der Waals surface area contributed by atoms with Crippen molar-refractivity contribution in [3.05, 3.63) is 22.2 Å². The van der Waals surface area contributed by atoms with E-state index in [0.29, 0.717) is 0 Å². The predicted molar refractivity (Wildman–Crippen MR) is 66.2 cm³/mol. The van der Waals surface area contributed by atoms with Crippen molar-refractivity contribution in [3.8, 4) is 5.75 Å². The number of amides is 2. The third-order valence-electron chi connectivity index (χ3n) is 2.09. The number of nitrogens with two attached hydrogens (primary N) is 1. The number of ether oxygens (including phenoxy) is 1. The van der Waals surface area contributed by atoms with Crippen LogP contribution in [0.15, 0.2) is 12.1 Å². The molecule has 0 saturated heterocycles. The Morgan fingerprint density at radius 2 is 1.64 bits per heavy atom. The number of rotatable bonds is 4. The quantitative estimate of drug-likeness (QED) is 0.773. The number of urea groups is 1. The normalized spacial score (nSPS) is 13.6. The zero-order chi connectivity index (χ0) is 17.3. The van der Waals surface area contributed by atoms with E-state index in [1.165, 1.54) is 0 Å². The molecule has 1 unspecified atom stereocenters. The van der Waals surface area contributed by atoms with Crippen LogP contribution in [0, 0.1) is 0 Å². The van der Waals surface area contributed by atoms with E-state index < -0.39 is 40.3 Å². The second-order valence-corrected chi connectivity index (χ2v) is 4.64.